The number of piperidine rings is 1. The van der Waals surface area contributed by atoms with Crippen LogP contribution in [0.1, 0.15) is 38.2 Å². The van der Waals surface area contributed by atoms with Crippen molar-refractivity contribution in [2.24, 2.45) is 5.92 Å². The molecule has 2 heterocycles. The van der Waals surface area contributed by atoms with Gasteiger partial charge in [0.15, 0.2) is 11.5 Å². The molecule has 2 aliphatic heterocycles. The Kier molecular flexibility index (Phi) is 6.17. The molecule has 2 amide bonds. The third-order valence-corrected chi connectivity index (χ3v) is 4.99. The van der Waals surface area contributed by atoms with Crippen molar-refractivity contribution < 1.29 is 19.1 Å². The van der Waals surface area contributed by atoms with Crippen molar-refractivity contribution in [3.05, 3.63) is 23.8 Å². The molecule has 0 aromatic heterocycles. The second-order valence-corrected chi connectivity index (χ2v) is 6.89. The van der Waals surface area contributed by atoms with E-state index in [1.54, 1.807) is 23.1 Å². The molecule has 1 aromatic carbocycles. The minimum atomic E-state index is -0.361. The van der Waals surface area contributed by atoms with Gasteiger partial charge in [-0.3, -0.25) is 4.79 Å². The number of carbonyl (C=O) groups excluding carboxylic acids is 2. The summed E-state index contributed by atoms with van der Waals surface area (Å²) >= 11 is 0. The summed E-state index contributed by atoms with van der Waals surface area (Å²) in [5, 5.41) is 9.02. The highest BCUT2D eigenvalue weighted by Crippen LogP contribution is 2.30. The number of carbonyl (C=O) groups is 2. The molecule has 1 aromatic rings. The van der Waals surface area contributed by atoms with Gasteiger partial charge in [-0.1, -0.05) is 0 Å². The Morgan fingerprint density at radius 2 is 1.89 bits per heavy atom. The molecule has 2 fully saturated rings. The van der Waals surface area contributed by atoms with Crippen LogP contribution in [0.2, 0.25) is 0 Å². The summed E-state index contributed by atoms with van der Waals surface area (Å²) in [4.78, 5) is 28.9. The zero-order chi connectivity index (χ0) is 19.2. The van der Waals surface area contributed by atoms with Crippen LogP contribution in [0.4, 0.5) is 4.79 Å². The molecule has 27 heavy (non-hydrogen) atoms. The number of urea groups is 1. The van der Waals surface area contributed by atoms with Gasteiger partial charge in [0.1, 0.15) is 0 Å². The summed E-state index contributed by atoms with van der Waals surface area (Å²) in [7, 11) is 0. The Bertz CT molecular complexity index is 737. The normalized spacial score (nSPS) is 19.5. The molecule has 0 radical (unpaired) electrons. The molecule has 0 aliphatic carbocycles. The Morgan fingerprint density at radius 3 is 2.59 bits per heavy atom. The first-order valence-electron chi connectivity index (χ1n) is 9.55. The fourth-order valence-corrected chi connectivity index (χ4v) is 3.57. The number of hydrogen-bond donors (Lipinski definition) is 0. The molecule has 0 saturated carbocycles. The molecule has 7 heteroatoms. The molecule has 0 spiro atoms. The number of nitrogens with zero attached hydrogens (tertiary/aromatic N) is 3. The number of amides is 2. The van der Waals surface area contributed by atoms with Gasteiger partial charge in [0.05, 0.1) is 24.2 Å². The van der Waals surface area contributed by atoms with Gasteiger partial charge in [-0.25, -0.2) is 4.79 Å². The highest BCUT2D eigenvalue weighted by Gasteiger charge is 2.32. The average Bonchev–Trinajstić information content (AvgIpc) is 3.23. The Labute approximate surface area is 159 Å². The average molecular weight is 371 g/mol. The van der Waals surface area contributed by atoms with Gasteiger partial charge < -0.3 is 19.3 Å². The maximum atomic E-state index is 12.7. The van der Waals surface area contributed by atoms with Gasteiger partial charge >= 0.3 is 12.0 Å². The van der Waals surface area contributed by atoms with Crippen LogP contribution in [0.3, 0.4) is 0 Å². The van der Waals surface area contributed by atoms with Gasteiger partial charge in [-0.05, 0) is 44.7 Å². The summed E-state index contributed by atoms with van der Waals surface area (Å²) in [6.07, 6.45) is 3.57. The smallest absolute Gasteiger partial charge is 0.320 e. The lowest BCUT2D eigenvalue weighted by Crippen LogP contribution is -2.48. The third kappa shape index (κ3) is 4.51. The third-order valence-electron chi connectivity index (χ3n) is 4.99. The van der Waals surface area contributed by atoms with Crippen LogP contribution >= 0.6 is 0 Å². The number of rotatable bonds is 4. The van der Waals surface area contributed by atoms with E-state index >= 15 is 0 Å². The minimum absolute atomic E-state index is 0.0263. The van der Waals surface area contributed by atoms with E-state index in [9.17, 15) is 9.59 Å². The van der Waals surface area contributed by atoms with E-state index in [4.69, 9.17) is 14.7 Å². The van der Waals surface area contributed by atoms with Crippen molar-refractivity contribution in [1.29, 1.82) is 5.26 Å². The summed E-state index contributed by atoms with van der Waals surface area (Å²) in [5.41, 5.74) is 0.443. The summed E-state index contributed by atoms with van der Waals surface area (Å²) < 4.78 is 11.1. The van der Waals surface area contributed by atoms with Gasteiger partial charge in [0.25, 0.3) is 0 Å². The van der Waals surface area contributed by atoms with Gasteiger partial charge in [0, 0.05) is 32.2 Å². The number of hydrogen-bond acceptors (Lipinski definition) is 5. The first-order chi connectivity index (χ1) is 13.1. The molecule has 144 valence electrons. The lowest BCUT2D eigenvalue weighted by Gasteiger charge is -2.34. The van der Waals surface area contributed by atoms with Gasteiger partial charge in [-0.2, -0.15) is 5.26 Å². The Morgan fingerprint density at radius 1 is 1.15 bits per heavy atom. The zero-order valence-electron chi connectivity index (χ0n) is 15.6. The minimum Gasteiger partial charge on any atom is -0.490 e. The fraction of sp³-hybridized carbons (Fsp3) is 0.550. The van der Waals surface area contributed by atoms with Crippen LogP contribution in [0.25, 0.3) is 0 Å². The number of benzene rings is 1. The van der Waals surface area contributed by atoms with Gasteiger partial charge in [0.2, 0.25) is 0 Å². The van der Waals surface area contributed by atoms with Crippen LogP contribution < -0.4 is 9.47 Å². The molecule has 0 bridgehead atoms. The van der Waals surface area contributed by atoms with Crippen molar-refractivity contribution in [3.8, 4) is 17.6 Å². The van der Waals surface area contributed by atoms with Crippen molar-refractivity contribution in [2.45, 2.75) is 32.6 Å². The summed E-state index contributed by atoms with van der Waals surface area (Å²) in [6, 6.07) is 6.81. The number of ether oxygens (including phenoxy) is 2. The number of likely N-dealkylation sites (tertiary alicyclic amines) is 2. The molecule has 3 rings (SSSR count). The lowest BCUT2D eigenvalue weighted by molar-refractivity contribution is -0.140. The van der Waals surface area contributed by atoms with Crippen LogP contribution in [0.15, 0.2) is 18.2 Å². The van der Waals surface area contributed by atoms with E-state index in [1.165, 1.54) is 0 Å². The lowest BCUT2D eigenvalue weighted by atomic mass is 9.98. The van der Waals surface area contributed by atoms with E-state index in [-0.39, 0.29) is 17.9 Å². The van der Waals surface area contributed by atoms with Gasteiger partial charge in [-0.15, -0.1) is 0 Å². The molecule has 0 unspecified atom stereocenters. The van der Waals surface area contributed by atoms with E-state index in [1.807, 2.05) is 17.9 Å². The van der Waals surface area contributed by atoms with Crippen molar-refractivity contribution in [1.82, 2.24) is 9.80 Å². The first-order valence-corrected chi connectivity index (χ1v) is 9.55. The van der Waals surface area contributed by atoms with E-state index in [2.05, 4.69) is 0 Å². The van der Waals surface area contributed by atoms with Crippen molar-refractivity contribution >= 4 is 12.0 Å². The monoisotopic (exact) mass is 371 g/mol. The maximum absolute atomic E-state index is 12.7. The van der Waals surface area contributed by atoms with Crippen LogP contribution in [0.5, 0.6) is 11.5 Å². The fourth-order valence-electron chi connectivity index (χ4n) is 3.57. The second kappa shape index (κ2) is 8.76. The Balaban J connectivity index is 1.65. The first kappa shape index (κ1) is 19.0. The van der Waals surface area contributed by atoms with Crippen LogP contribution in [-0.2, 0) is 4.79 Å². The van der Waals surface area contributed by atoms with Crippen LogP contribution in [-0.4, -0.2) is 54.6 Å². The quantitative estimate of drug-likeness (QED) is 0.600. The standard InChI is InChI=1S/C20H25N3O4/c1-2-26-18-12-15(13-21)7-8-17(18)27-19(24)16-6-5-11-23(14-16)20(25)22-9-3-4-10-22/h7-8,12,16H,2-6,9-11,14H2,1H3/t16-/m0/s1. The molecular formula is C20H25N3O4. The second-order valence-electron chi connectivity index (χ2n) is 6.89. The summed E-state index contributed by atoms with van der Waals surface area (Å²) in [6.45, 7) is 4.89. The molecule has 2 aliphatic rings. The Hall–Kier alpha value is -2.75. The van der Waals surface area contributed by atoms with E-state index in [0.717, 1.165) is 32.4 Å². The molecular weight excluding hydrogens is 346 g/mol. The highest BCUT2D eigenvalue weighted by atomic mass is 16.6. The SMILES string of the molecule is CCOc1cc(C#N)ccc1OC(=O)[C@H]1CCCN(C(=O)N2CCCC2)C1. The zero-order valence-corrected chi connectivity index (χ0v) is 15.6. The van der Waals surface area contributed by atoms with Crippen LogP contribution in [0, 0.1) is 17.2 Å². The highest BCUT2D eigenvalue weighted by molar-refractivity contribution is 5.79. The summed E-state index contributed by atoms with van der Waals surface area (Å²) in [5.74, 6) is -0.0236. The number of esters is 1. The molecule has 0 N–H and O–H groups in total. The predicted octanol–water partition coefficient (Wildman–Crippen LogP) is 2.79. The van der Waals surface area contributed by atoms with E-state index < -0.39 is 0 Å². The molecule has 2 saturated heterocycles. The van der Waals surface area contributed by atoms with Crippen molar-refractivity contribution in [2.75, 3.05) is 32.8 Å². The molecule has 1 atom stereocenters. The van der Waals surface area contributed by atoms with E-state index in [0.29, 0.717) is 43.2 Å². The number of nitriles is 1. The van der Waals surface area contributed by atoms with Crippen molar-refractivity contribution in [3.63, 3.8) is 0 Å². The molecule has 7 nitrogen and oxygen atoms in total. The largest absolute Gasteiger partial charge is 0.490 e. The maximum Gasteiger partial charge on any atom is 0.320 e. The predicted molar refractivity (Wildman–Crippen MR) is 98.5 cm³/mol. The topological polar surface area (TPSA) is 82.9 Å².